The van der Waals surface area contributed by atoms with Crippen LogP contribution in [-0.2, 0) is 19.3 Å². The number of hydrogen-bond acceptors (Lipinski definition) is 4. The molecular formula is C16H15N3OS. The van der Waals surface area contributed by atoms with Gasteiger partial charge in [0.1, 0.15) is 5.69 Å². The fourth-order valence-electron chi connectivity index (χ4n) is 3.13. The summed E-state index contributed by atoms with van der Waals surface area (Å²) >= 11 is 1.76. The maximum absolute atomic E-state index is 9.18. The van der Waals surface area contributed by atoms with Gasteiger partial charge < -0.3 is 4.42 Å². The molecule has 106 valence electrons. The lowest BCUT2D eigenvalue weighted by Crippen LogP contribution is -2.11. The monoisotopic (exact) mass is 297 g/mol. The molecule has 1 aliphatic rings. The van der Waals surface area contributed by atoms with Crippen molar-refractivity contribution >= 4 is 16.3 Å². The molecule has 0 bridgehead atoms. The Labute approximate surface area is 126 Å². The summed E-state index contributed by atoms with van der Waals surface area (Å²) < 4.78 is 7.69. The van der Waals surface area contributed by atoms with Crippen molar-refractivity contribution in [3.05, 3.63) is 34.7 Å². The van der Waals surface area contributed by atoms with Gasteiger partial charge in [0.2, 0.25) is 0 Å². The lowest BCUT2D eigenvalue weighted by atomic mass is 9.93. The van der Waals surface area contributed by atoms with E-state index in [0.717, 1.165) is 40.9 Å². The van der Waals surface area contributed by atoms with Gasteiger partial charge in [-0.1, -0.05) is 6.92 Å². The molecule has 1 unspecified atom stereocenters. The van der Waals surface area contributed by atoms with Crippen LogP contribution >= 0.6 is 11.3 Å². The fraction of sp³-hybridized carbons (Fsp3) is 0.375. The highest BCUT2D eigenvalue weighted by molar-refractivity contribution is 7.17. The first kappa shape index (κ1) is 12.7. The second-order valence-corrected chi connectivity index (χ2v) is 6.72. The van der Waals surface area contributed by atoms with Gasteiger partial charge in [-0.15, -0.1) is 11.3 Å². The van der Waals surface area contributed by atoms with Gasteiger partial charge in [0.25, 0.3) is 0 Å². The normalized spacial score (nSPS) is 17.8. The summed E-state index contributed by atoms with van der Waals surface area (Å²) in [6.07, 6.45) is 5.42. The van der Waals surface area contributed by atoms with Gasteiger partial charge in [-0.3, -0.25) is 4.40 Å². The second-order valence-electron chi connectivity index (χ2n) is 5.66. The first-order valence-corrected chi connectivity index (χ1v) is 8.02. The molecular weight excluding hydrogens is 282 g/mol. The van der Waals surface area contributed by atoms with Gasteiger partial charge in [0.15, 0.2) is 10.7 Å². The topological polar surface area (TPSA) is 54.2 Å². The molecule has 1 atom stereocenters. The van der Waals surface area contributed by atoms with Gasteiger partial charge >= 0.3 is 0 Å². The van der Waals surface area contributed by atoms with Crippen LogP contribution in [-0.4, -0.2) is 9.38 Å². The van der Waals surface area contributed by atoms with E-state index < -0.39 is 0 Å². The molecule has 4 nitrogen and oxygen atoms in total. The Kier molecular flexibility index (Phi) is 2.86. The summed E-state index contributed by atoms with van der Waals surface area (Å²) in [7, 11) is 0. The van der Waals surface area contributed by atoms with Crippen molar-refractivity contribution in [2.45, 2.75) is 32.6 Å². The van der Waals surface area contributed by atoms with Crippen molar-refractivity contribution in [1.82, 2.24) is 9.38 Å². The highest BCUT2D eigenvalue weighted by atomic mass is 32.1. The third-order valence-corrected chi connectivity index (χ3v) is 5.26. The molecule has 0 N–H and O–H groups in total. The fourth-order valence-corrected chi connectivity index (χ4v) is 4.48. The van der Waals surface area contributed by atoms with Crippen molar-refractivity contribution in [2.75, 3.05) is 0 Å². The summed E-state index contributed by atoms with van der Waals surface area (Å²) in [4.78, 5) is 7.16. The number of thiazole rings is 1. The van der Waals surface area contributed by atoms with Gasteiger partial charge in [-0.05, 0) is 37.3 Å². The van der Waals surface area contributed by atoms with Crippen molar-refractivity contribution in [3.63, 3.8) is 0 Å². The Morgan fingerprint density at radius 1 is 1.57 bits per heavy atom. The highest BCUT2D eigenvalue weighted by Gasteiger charge is 2.25. The number of aromatic nitrogens is 2. The van der Waals surface area contributed by atoms with E-state index in [1.54, 1.807) is 17.6 Å². The van der Waals surface area contributed by atoms with Crippen molar-refractivity contribution in [1.29, 1.82) is 5.26 Å². The molecule has 1 aliphatic carbocycles. The van der Waals surface area contributed by atoms with Crippen LogP contribution in [0.5, 0.6) is 0 Å². The first-order valence-electron chi connectivity index (χ1n) is 7.20. The van der Waals surface area contributed by atoms with Crippen LogP contribution in [0.2, 0.25) is 0 Å². The average Bonchev–Trinajstić information content (AvgIpc) is 3.14. The SMILES string of the molecule is CC1CCc2c(sc3nc(-c4ccco4)c(CC#N)n23)C1. The lowest BCUT2D eigenvalue weighted by molar-refractivity contribution is 0.498. The van der Waals surface area contributed by atoms with E-state index in [2.05, 4.69) is 17.4 Å². The Balaban J connectivity index is 1.96. The molecule has 21 heavy (non-hydrogen) atoms. The Morgan fingerprint density at radius 2 is 2.48 bits per heavy atom. The highest BCUT2D eigenvalue weighted by Crippen LogP contribution is 2.36. The predicted molar refractivity (Wildman–Crippen MR) is 81.3 cm³/mol. The first-order chi connectivity index (χ1) is 10.3. The van der Waals surface area contributed by atoms with E-state index in [4.69, 9.17) is 9.40 Å². The quantitative estimate of drug-likeness (QED) is 0.722. The largest absolute Gasteiger partial charge is 0.463 e. The Bertz CT molecular complexity index is 835. The Morgan fingerprint density at radius 3 is 3.24 bits per heavy atom. The zero-order valence-corrected chi connectivity index (χ0v) is 12.6. The molecule has 3 heterocycles. The molecule has 0 aromatic carbocycles. The van der Waals surface area contributed by atoms with Gasteiger partial charge in [0, 0.05) is 10.6 Å². The third kappa shape index (κ3) is 1.90. The second kappa shape index (κ2) is 4.74. The molecule has 0 radical (unpaired) electrons. The van der Waals surface area contributed by atoms with Crippen LogP contribution < -0.4 is 0 Å². The number of hydrogen-bond donors (Lipinski definition) is 0. The molecule has 0 fully saturated rings. The average molecular weight is 297 g/mol. The number of aryl methyl sites for hydroxylation is 1. The van der Waals surface area contributed by atoms with Gasteiger partial charge in [-0.25, -0.2) is 4.98 Å². The number of furan rings is 1. The van der Waals surface area contributed by atoms with Crippen LogP contribution in [0.25, 0.3) is 16.4 Å². The van der Waals surface area contributed by atoms with Crippen LogP contribution in [0.15, 0.2) is 22.8 Å². The zero-order valence-electron chi connectivity index (χ0n) is 11.8. The van der Waals surface area contributed by atoms with E-state index >= 15 is 0 Å². The third-order valence-electron chi connectivity index (χ3n) is 4.16. The zero-order chi connectivity index (χ0) is 14.4. The van der Waals surface area contributed by atoms with Gasteiger partial charge in [0.05, 0.1) is 24.4 Å². The maximum Gasteiger partial charge on any atom is 0.195 e. The molecule has 0 spiro atoms. The standard InChI is InChI=1S/C16H15N3OS/c1-10-4-5-11-14(9-10)21-16-18-15(13-3-2-8-20-13)12(6-7-17)19(11)16/h2-3,8,10H,4-6,9H2,1H3. The minimum absolute atomic E-state index is 0.357. The molecule has 0 aliphatic heterocycles. The molecule has 3 aromatic rings. The molecule has 0 saturated carbocycles. The maximum atomic E-state index is 9.18. The van der Waals surface area contributed by atoms with Crippen LogP contribution in [0.4, 0.5) is 0 Å². The van der Waals surface area contributed by atoms with E-state index in [1.165, 1.54) is 17.0 Å². The van der Waals surface area contributed by atoms with Crippen LogP contribution in [0.1, 0.15) is 29.6 Å². The minimum atomic E-state index is 0.357. The summed E-state index contributed by atoms with van der Waals surface area (Å²) in [5.74, 6) is 1.49. The number of fused-ring (bicyclic) bond motifs is 3. The molecule has 5 heteroatoms. The van der Waals surface area contributed by atoms with E-state index in [9.17, 15) is 5.26 Å². The van der Waals surface area contributed by atoms with E-state index in [0.29, 0.717) is 6.42 Å². The molecule has 0 amide bonds. The summed E-state index contributed by atoms with van der Waals surface area (Å²) in [6.45, 7) is 2.30. The van der Waals surface area contributed by atoms with E-state index in [1.807, 2.05) is 12.1 Å². The number of nitrogens with zero attached hydrogens (tertiary/aromatic N) is 3. The molecule has 0 saturated heterocycles. The van der Waals surface area contributed by atoms with Crippen LogP contribution in [0, 0.1) is 17.2 Å². The Hall–Kier alpha value is -2.06. The number of imidazole rings is 1. The van der Waals surface area contributed by atoms with Crippen LogP contribution in [0.3, 0.4) is 0 Å². The summed E-state index contributed by atoms with van der Waals surface area (Å²) in [5.41, 5.74) is 3.13. The van der Waals surface area contributed by atoms with Crippen molar-refractivity contribution in [3.8, 4) is 17.5 Å². The van der Waals surface area contributed by atoms with E-state index in [-0.39, 0.29) is 0 Å². The number of rotatable bonds is 2. The smallest absolute Gasteiger partial charge is 0.195 e. The molecule has 4 rings (SSSR count). The predicted octanol–water partition coefficient (Wildman–Crippen LogP) is 3.85. The lowest BCUT2D eigenvalue weighted by Gasteiger charge is -2.18. The van der Waals surface area contributed by atoms with Crippen molar-refractivity contribution in [2.24, 2.45) is 5.92 Å². The van der Waals surface area contributed by atoms with Crippen molar-refractivity contribution < 1.29 is 4.42 Å². The summed E-state index contributed by atoms with van der Waals surface area (Å²) in [5, 5.41) is 9.18. The summed E-state index contributed by atoms with van der Waals surface area (Å²) in [6, 6.07) is 6.03. The minimum Gasteiger partial charge on any atom is -0.463 e. The number of nitriles is 1. The molecule has 3 aromatic heterocycles. The van der Waals surface area contributed by atoms with Gasteiger partial charge in [-0.2, -0.15) is 5.26 Å².